The Balaban J connectivity index is 1.53. The lowest BCUT2D eigenvalue weighted by molar-refractivity contribution is -0.111. The first-order valence-electron chi connectivity index (χ1n) is 7.57. The Morgan fingerprint density at radius 3 is 3.08 bits per heavy atom. The van der Waals surface area contributed by atoms with Crippen molar-refractivity contribution in [2.75, 3.05) is 12.1 Å². The van der Waals surface area contributed by atoms with Crippen LogP contribution in [0, 0.1) is 5.82 Å². The monoisotopic (exact) mass is 356 g/mol. The first-order chi connectivity index (χ1) is 12.2. The van der Waals surface area contributed by atoms with E-state index in [9.17, 15) is 9.18 Å². The fraction of sp³-hybridized carbons (Fsp3) is 0.111. The molecule has 0 saturated carbocycles. The molecule has 1 aliphatic heterocycles. The molecule has 7 heteroatoms. The molecule has 0 radical (unpaired) electrons. The van der Waals surface area contributed by atoms with Crippen molar-refractivity contribution >= 4 is 38.7 Å². The van der Waals surface area contributed by atoms with Crippen LogP contribution in [0.1, 0.15) is 11.1 Å². The summed E-state index contributed by atoms with van der Waals surface area (Å²) in [5.74, 6) is -0.208. The highest BCUT2D eigenvalue weighted by Gasteiger charge is 2.15. The molecule has 0 unspecified atom stereocenters. The predicted molar refractivity (Wildman–Crippen MR) is 94.0 cm³/mol. The van der Waals surface area contributed by atoms with Crippen LogP contribution in [0.25, 0.3) is 16.3 Å². The van der Waals surface area contributed by atoms with Crippen LogP contribution in [0.4, 0.5) is 9.52 Å². The zero-order valence-electron chi connectivity index (χ0n) is 13.0. The number of hydrogen-bond acceptors (Lipinski definition) is 5. The van der Waals surface area contributed by atoms with Crippen LogP contribution < -0.4 is 10.1 Å². The first kappa shape index (κ1) is 15.7. The number of nitrogens with one attached hydrogen (secondary N) is 1. The molecule has 1 aliphatic rings. The molecule has 0 saturated heterocycles. The third kappa shape index (κ3) is 3.38. The third-order valence-corrected chi connectivity index (χ3v) is 4.59. The van der Waals surface area contributed by atoms with Crippen molar-refractivity contribution in [2.45, 2.75) is 6.61 Å². The fourth-order valence-corrected chi connectivity index (χ4v) is 3.44. The van der Waals surface area contributed by atoms with Crippen molar-refractivity contribution in [1.82, 2.24) is 4.98 Å². The number of thiazole rings is 1. The summed E-state index contributed by atoms with van der Waals surface area (Å²) in [6, 6.07) is 10.3. The highest BCUT2D eigenvalue weighted by atomic mass is 32.1. The topological polar surface area (TPSA) is 60.5 Å². The Morgan fingerprint density at radius 2 is 2.20 bits per heavy atom. The number of halogens is 1. The van der Waals surface area contributed by atoms with Crippen molar-refractivity contribution in [1.29, 1.82) is 0 Å². The van der Waals surface area contributed by atoms with Gasteiger partial charge in [-0.05, 0) is 30.3 Å². The molecule has 0 aliphatic carbocycles. The maximum atomic E-state index is 13.7. The summed E-state index contributed by atoms with van der Waals surface area (Å²) in [5, 5.41) is 3.23. The van der Waals surface area contributed by atoms with E-state index in [0.29, 0.717) is 22.0 Å². The van der Waals surface area contributed by atoms with Crippen molar-refractivity contribution in [3.63, 3.8) is 0 Å². The number of hydrogen-bond donors (Lipinski definition) is 1. The normalized spacial score (nSPS) is 13.6. The van der Waals surface area contributed by atoms with E-state index in [4.69, 9.17) is 9.47 Å². The molecular formula is C18H13FN2O3S. The molecule has 1 N–H and O–H groups in total. The Kier molecular flexibility index (Phi) is 4.17. The molecule has 2 aromatic carbocycles. The minimum absolute atomic E-state index is 0.109. The van der Waals surface area contributed by atoms with Crippen molar-refractivity contribution in [3.05, 3.63) is 59.4 Å². The lowest BCUT2D eigenvalue weighted by atomic mass is 10.1. The van der Waals surface area contributed by atoms with Gasteiger partial charge in [0, 0.05) is 17.2 Å². The van der Waals surface area contributed by atoms with Gasteiger partial charge in [0.2, 0.25) is 5.91 Å². The maximum Gasteiger partial charge on any atom is 0.250 e. The number of para-hydroxylation sites is 1. The number of nitrogens with zero attached hydrogens (tertiary/aromatic N) is 1. The van der Waals surface area contributed by atoms with Crippen LogP contribution in [-0.2, 0) is 16.1 Å². The van der Waals surface area contributed by atoms with Crippen molar-refractivity contribution in [2.24, 2.45) is 0 Å². The molecule has 0 spiro atoms. The SMILES string of the molecule is O=C(C=Cc1cc(F)cc2c1OCOC2)Nc1nc2ccccc2s1. The van der Waals surface area contributed by atoms with E-state index in [1.54, 1.807) is 0 Å². The van der Waals surface area contributed by atoms with E-state index >= 15 is 0 Å². The molecule has 25 heavy (non-hydrogen) atoms. The second-order valence-electron chi connectivity index (χ2n) is 5.40. The Hall–Kier alpha value is -2.77. The van der Waals surface area contributed by atoms with E-state index in [2.05, 4.69) is 10.3 Å². The summed E-state index contributed by atoms with van der Waals surface area (Å²) < 4.78 is 25.2. The summed E-state index contributed by atoms with van der Waals surface area (Å²) in [6.45, 7) is 0.392. The molecule has 0 fully saturated rings. The Bertz CT molecular complexity index is 951. The molecule has 3 aromatic rings. The van der Waals surface area contributed by atoms with Crippen LogP contribution >= 0.6 is 11.3 Å². The zero-order chi connectivity index (χ0) is 17.2. The van der Waals surface area contributed by atoms with Crippen LogP contribution in [0.2, 0.25) is 0 Å². The van der Waals surface area contributed by atoms with Gasteiger partial charge in [-0.15, -0.1) is 0 Å². The number of fused-ring (bicyclic) bond motifs is 2. The number of carbonyl (C=O) groups excluding carboxylic acids is 1. The number of carbonyl (C=O) groups is 1. The number of aromatic nitrogens is 1. The average Bonchev–Trinajstić information content (AvgIpc) is 3.01. The van der Waals surface area contributed by atoms with E-state index in [1.807, 2.05) is 24.3 Å². The molecule has 1 aromatic heterocycles. The largest absolute Gasteiger partial charge is 0.467 e. The highest BCUT2D eigenvalue weighted by molar-refractivity contribution is 7.22. The summed E-state index contributed by atoms with van der Waals surface area (Å²) in [7, 11) is 0. The molecule has 0 atom stereocenters. The summed E-state index contributed by atoms with van der Waals surface area (Å²) >= 11 is 1.39. The van der Waals surface area contributed by atoms with Gasteiger partial charge in [-0.2, -0.15) is 0 Å². The molecule has 5 nitrogen and oxygen atoms in total. The summed E-state index contributed by atoms with van der Waals surface area (Å²) in [6.07, 6.45) is 2.86. The van der Waals surface area contributed by atoms with Gasteiger partial charge in [0.15, 0.2) is 11.9 Å². The molecule has 1 amide bonds. The Morgan fingerprint density at radius 1 is 1.32 bits per heavy atom. The summed E-state index contributed by atoms with van der Waals surface area (Å²) in [5.41, 5.74) is 1.95. The quantitative estimate of drug-likeness (QED) is 0.722. The minimum atomic E-state index is -0.404. The highest BCUT2D eigenvalue weighted by Crippen LogP contribution is 2.30. The minimum Gasteiger partial charge on any atom is -0.467 e. The zero-order valence-corrected chi connectivity index (χ0v) is 13.8. The molecule has 4 rings (SSSR count). The van der Waals surface area contributed by atoms with E-state index < -0.39 is 5.82 Å². The van der Waals surface area contributed by atoms with Crippen LogP contribution in [0.15, 0.2) is 42.5 Å². The van der Waals surface area contributed by atoms with Gasteiger partial charge < -0.3 is 9.47 Å². The number of ether oxygens (including phenoxy) is 2. The van der Waals surface area contributed by atoms with Gasteiger partial charge in [-0.25, -0.2) is 9.37 Å². The van der Waals surface area contributed by atoms with Crippen LogP contribution in [-0.4, -0.2) is 17.7 Å². The first-order valence-corrected chi connectivity index (χ1v) is 8.38. The van der Waals surface area contributed by atoms with E-state index in [1.165, 1.54) is 35.6 Å². The van der Waals surface area contributed by atoms with Gasteiger partial charge in [0.1, 0.15) is 11.6 Å². The van der Waals surface area contributed by atoms with Crippen LogP contribution in [0.3, 0.4) is 0 Å². The molecule has 126 valence electrons. The second kappa shape index (κ2) is 6.62. The third-order valence-electron chi connectivity index (χ3n) is 3.64. The maximum absolute atomic E-state index is 13.7. The molecular weight excluding hydrogens is 343 g/mol. The number of amides is 1. The van der Waals surface area contributed by atoms with Crippen LogP contribution in [0.5, 0.6) is 5.75 Å². The van der Waals surface area contributed by atoms with Gasteiger partial charge in [0.25, 0.3) is 0 Å². The number of rotatable bonds is 3. The van der Waals surface area contributed by atoms with Crippen molar-refractivity contribution in [3.8, 4) is 5.75 Å². The average molecular weight is 356 g/mol. The lowest BCUT2D eigenvalue weighted by Gasteiger charge is -2.19. The number of benzene rings is 2. The van der Waals surface area contributed by atoms with Gasteiger partial charge in [-0.3, -0.25) is 10.1 Å². The lowest BCUT2D eigenvalue weighted by Crippen LogP contribution is -2.13. The second-order valence-corrected chi connectivity index (χ2v) is 6.43. The predicted octanol–water partition coefficient (Wildman–Crippen LogP) is 3.95. The van der Waals surface area contributed by atoms with Gasteiger partial charge in [0.05, 0.1) is 16.8 Å². The smallest absolute Gasteiger partial charge is 0.250 e. The van der Waals surface area contributed by atoms with E-state index in [-0.39, 0.29) is 19.3 Å². The standard InChI is InChI=1S/C18H13FN2O3S/c19-13-7-11(17-12(8-13)9-23-10-24-17)5-6-16(22)21-18-20-14-3-1-2-4-15(14)25-18/h1-8H,9-10H2,(H,20,21,22). The van der Waals surface area contributed by atoms with Gasteiger partial charge in [-0.1, -0.05) is 23.5 Å². The Labute approximate surface area is 146 Å². The molecule has 2 heterocycles. The summed E-state index contributed by atoms with van der Waals surface area (Å²) in [4.78, 5) is 16.5. The molecule has 0 bridgehead atoms. The number of anilines is 1. The van der Waals surface area contributed by atoms with E-state index in [0.717, 1.165) is 10.2 Å². The van der Waals surface area contributed by atoms with Crippen molar-refractivity contribution < 1.29 is 18.7 Å². The van der Waals surface area contributed by atoms with Gasteiger partial charge >= 0.3 is 0 Å². The fourth-order valence-electron chi connectivity index (χ4n) is 2.57.